The minimum atomic E-state index is -0.0432. The number of carbonyl (C=O) groups is 1. The number of aromatic nitrogens is 2. The summed E-state index contributed by atoms with van der Waals surface area (Å²) in [5, 5.41) is 11.6. The molecule has 0 spiro atoms. The molecule has 0 atom stereocenters. The Morgan fingerprint density at radius 1 is 0.964 bits per heavy atom. The minimum absolute atomic E-state index is 0.0432. The molecular formula is C21H30N6O. The average Bonchev–Trinajstić information content (AvgIpc) is 2.76. The molecule has 1 aliphatic heterocycles. The van der Waals surface area contributed by atoms with E-state index in [0.29, 0.717) is 11.5 Å². The number of nitrogens with one attached hydrogen (secondary N) is 1. The van der Waals surface area contributed by atoms with Crippen LogP contribution in [0.25, 0.3) is 0 Å². The number of amides is 1. The number of rotatable bonds is 7. The minimum Gasteiger partial charge on any atom is -0.372 e. The molecule has 0 unspecified atom stereocenters. The van der Waals surface area contributed by atoms with E-state index < -0.39 is 0 Å². The van der Waals surface area contributed by atoms with Crippen molar-refractivity contribution in [1.29, 1.82) is 0 Å². The number of hydrogen-bond donors (Lipinski definition) is 1. The monoisotopic (exact) mass is 382 g/mol. The lowest BCUT2D eigenvalue weighted by Crippen LogP contribution is -2.48. The van der Waals surface area contributed by atoms with Crippen molar-refractivity contribution in [1.82, 2.24) is 20.0 Å². The predicted molar refractivity (Wildman–Crippen MR) is 113 cm³/mol. The molecule has 2 aromatic rings. The molecule has 1 fully saturated rings. The Hall–Kier alpha value is -2.67. The van der Waals surface area contributed by atoms with E-state index in [1.54, 1.807) is 12.1 Å². The molecule has 3 rings (SSSR count). The summed E-state index contributed by atoms with van der Waals surface area (Å²) < 4.78 is 0. The van der Waals surface area contributed by atoms with Gasteiger partial charge in [0.05, 0.1) is 0 Å². The summed E-state index contributed by atoms with van der Waals surface area (Å²) in [5.74, 6) is 0.585. The highest BCUT2D eigenvalue weighted by Crippen LogP contribution is 2.20. The highest BCUT2D eigenvalue weighted by molar-refractivity contribution is 5.92. The summed E-state index contributed by atoms with van der Waals surface area (Å²) in [7, 11) is 0. The van der Waals surface area contributed by atoms with E-state index >= 15 is 0 Å². The SMILES string of the molecule is CCN1CCN(C(=O)c2ccc(Nc3ccc(N(CC)CC)cc3)nn2)CC1. The van der Waals surface area contributed by atoms with Gasteiger partial charge < -0.3 is 20.0 Å². The quantitative estimate of drug-likeness (QED) is 0.794. The van der Waals surface area contributed by atoms with Gasteiger partial charge in [-0.25, -0.2) is 0 Å². The Morgan fingerprint density at radius 3 is 2.18 bits per heavy atom. The number of anilines is 3. The van der Waals surface area contributed by atoms with Crippen LogP contribution in [0.1, 0.15) is 31.3 Å². The van der Waals surface area contributed by atoms with Gasteiger partial charge in [0.1, 0.15) is 0 Å². The topological polar surface area (TPSA) is 64.6 Å². The number of carbonyl (C=O) groups excluding carboxylic acids is 1. The number of nitrogens with zero attached hydrogens (tertiary/aromatic N) is 5. The Bertz CT molecular complexity index is 749. The highest BCUT2D eigenvalue weighted by Gasteiger charge is 2.22. The van der Waals surface area contributed by atoms with Gasteiger partial charge in [0.25, 0.3) is 5.91 Å². The lowest BCUT2D eigenvalue weighted by Gasteiger charge is -2.33. The molecule has 1 amide bonds. The molecule has 0 aliphatic carbocycles. The van der Waals surface area contributed by atoms with Crippen LogP contribution in [0.4, 0.5) is 17.2 Å². The van der Waals surface area contributed by atoms with E-state index in [4.69, 9.17) is 0 Å². The summed E-state index contributed by atoms with van der Waals surface area (Å²) in [5.41, 5.74) is 2.54. The smallest absolute Gasteiger partial charge is 0.274 e. The van der Waals surface area contributed by atoms with Gasteiger partial charge in [0.15, 0.2) is 11.5 Å². The second-order valence-corrected chi connectivity index (χ2v) is 6.87. The molecule has 0 radical (unpaired) electrons. The van der Waals surface area contributed by atoms with E-state index in [1.165, 1.54) is 5.69 Å². The molecule has 7 nitrogen and oxygen atoms in total. The van der Waals surface area contributed by atoms with Crippen LogP contribution in [0.2, 0.25) is 0 Å². The lowest BCUT2D eigenvalue weighted by molar-refractivity contribution is 0.0636. The Kier molecular flexibility index (Phi) is 6.81. The molecule has 150 valence electrons. The number of piperazine rings is 1. The molecule has 1 aromatic carbocycles. The fourth-order valence-corrected chi connectivity index (χ4v) is 3.43. The van der Waals surface area contributed by atoms with Crippen molar-refractivity contribution in [2.24, 2.45) is 0 Å². The van der Waals surface area contributed by atoms with Crippen LogP contribution in [0.5, 0.6) is 0 Å². The van der Waals surface area contributed by atoms with Crippen LogP contribution >= 0.6 is 0 Å². The molecule has 2 heterocycles. The van der Waals surface area contributed by atoms with Gasteiger partial charge in [-0.3, -0.25) is 4.79 Å². The van der Waals surface area contributed by atoms with Gasteiger partial charge >= 0.3 is 0 Å². The van der Waals surface area contributed by atoms with Crippen molar-refractivity contribution < 1.29 is 4.79 Å². The summed E-state index contributed by atoms with van der Waals surface area (Å²) >= 11 is 0. The maximum absolute atomic E-state index is 12.6. The van der Waals surface area contributed by atoms with Gasteiger partial charge in [-0.1, -0.05) is 6.92 Å². The van der Waals surface area contributed by atoms with Crippen molar-refractivity contribution in [2.75, 3.05) is 56.0 Å². The Labute approximate surface area is 167 Å². The summed E-state index contributed by atoms with van der Waals surface area (Å²) in [6.07, 6.45) is 0. The van der Waals surface area contributed by atoms with Crippen LogP contribution in [-0.2, 0) is 0 Å². The van der Waals surface area contributed by atoms with Gasteiger partial charge in [0, 0.05) is 50.6 Å². The molecule has 1 aliphatic rings. The molecule has 1 aromatic heterocycles. The summed E-state index contributed by atoms with van der Waals surface area (Å²) in [6.45, 7) is 12.8. The maximum atomic E-state index is 12.6. The summed E-state index contributed by atoms with van der Waals surface area (Å²) in [6, 6.07) is 11.8. The zero-order valence-corrected chi connectivity index (χ0v) is 17.1. The predicted octanol–water partition coefficient (Wildman–Crippen LogP) is 2.84. The Balaban J connectivity index is 1.59. The van der Waals surface area contributed by atoms with E-state index in [0.717, 1.165) is 51.5 Å². The van der Waals surface area contributed by atoms with Crippen molar-refractivity contribution >= 4 is 23.1 Å². The average molecular weight is 383 g/mol. The molecular weight excluding hydrogens is 352 g/mol. The zero-order chi connectivity index (χ0) is 19.9. The van der Waals surface area contributed by atoms with E-state index in [9.17, 15) is 4.79 Å². The van der Waals surface area contributed by atoms with E-state index in [1.807, 2.05) is 17.0 Å². The van der Waals surface area contributed by atoms with Gasteiger partial charge in [-0.05, 0) is 56.8 Å². The largest absolute Gasteiger partial charge is 0.372 e. The second-order valence-electron chi connectivity index (χ2n) is 6.87. The third-order valence-corrected chi connectivity index (χ3v) is 5.26. The first kappa shape index (κ1) is 20.1. The second kappa shape index (κ2) is 9.50. The number of hydrogen-bond acceptors (Lipinski definition) is 6. The van der Waals surface area contributed by atoms with Crippen molar-refractivity contribution in [3.05, 3.63) is 42.1 Å². The fraction of sp³-hybridized carbons (Fsp3) is 0.476. The first-order valence-corrected chi connectivity index (χ1v) is 10.1. The van der Waals surface area contributed by atoms with Gasteiger partial charge in [-0.15, -0.1) is 10.2 Å². The van der Waals surface area contributed by atoms with Crippen molar-refractivity contribution in [2.45, 2.75) is 20.8 Å². The highest BCUT2D eigenvalue weighted by atomic mass is 16.2. The lowest BCUT2D eigenvalue weighted by atomic mass is 10.2. The molecule has 0 bridgehead atoms. The number of likely N-dealkylation sites (N-methyl/N-ethyl adjacent to an activating group) is 1. The first-order valence-electron chi connectivity index (χ1n) is 10.1. The van der Waals surface area contributed by atoms with Crippen LogP contribution in [-0.4, -0.2) is 71.7 Å². The molecule has 0 saturated carbocycles. The van der Waals surface area contributed by atoms with Crippen molar-refractivity contribution in [3.8, 4) is 0 Å². The van der Waals surface area contributed by atoms with Crippen LogP contribution in [0.15, 0.2) is 36.4 Å². The molecule has 1 saturated heterocycles. The van der Waals surface area contributed by atoms with Crippen molar-refractivity contribution in [3.63, 3.8) is 0 Å². The standard InChI is InChI=1S/C21H30N6O/c1-4-25-13-15-27(16-14-25)21(28)19-11-12-20(24-23-19)22-17-7-9-18(10-8-17)26(5-2)6-3/h7-12H,4-6,13-16H2,1-3H3,(H,22,24). The third kappa shape index (κ3) is 4.78. The van der Waals surface area contributed by atoms with Crippen LogP contribution in [0.3, 0.4) is 0 Å². The normalized spacial score (nSPS) is 14.8. The Morgan fingerprint density at radius 2 is 1.64 bits per heavy atom. The third-order valence-electron chi connectivity index (χ3n) is 5.26. The van der Waals surface area contributed by atoms with Gasteiger partial charge in [0.2, 0.25) is 0 Å². The first-order chi connectivity index (χ1) is 13.6. The molecule has 7 heteroatoms. The van der Waals surface area contributed by atoms with Gasteiger partial charge in [-0.2, -0.15) is 0 Å². The van der Waals surface area contributed by atoms with E-state index in [2.05, 4.69) is 58.2 Å². The maximum Gasteiger partial charge on any atom is 0.274 e. The number of benzene rings is 1. The zero-order valence-electron chi connectivity index (χ0n) is 17.1. The molecule has 28 heavy (non-hydrogen) atoms. The molecule has 1 N–H and O–H groups in total. The van der Waals surface area contributed by atoms with E-state index in [-0.39, 0.29) is 5.91 Å². The fourth-order valence-electron chi connectivity index (χ4n) is 3.43. The summed E-state index contributed by atoms with van der Waals surface area (Å²) in [4.78, 5) is 19.1. The van der Waals surface area contributed by atoms with Crippen LogP contribution in [0, 0.1) is 0 Å². The van der Waals surface area contributed by atoms with Crippen LogP contribution < -0.4 is 10.2 Å².